The highest BCUT2D eigenvalue weighted by atomic mass is 32.2. The van der Waals surface area contributed by atoms with Gasteiger partial charge in [0.25, 0.3) is 0 Å². The van der Waals surface area contributed by atoms with E-state index in [4.69, 9.17) is 23.4 Å². The van der Waals surface area contributed by atoms with Crippen LogP contribution in [0.15, 0.2) is 41.5 Å². The Kier molecular flexibility index (Phi) is 6.99. The van der Waals surface area contributed by atoms with Crippen LogP contribution in [0.4, 0.5) is 0 Å². The summed E-state index contributed by atoms with van der Waals surface area (Å²) in [5.41, 5.74) is 0.889. The number of carbonyl (C=O) groups is 3. The van der Waals surface area contributed by atoms with Gasteiger partial charge in [0, 0.05) is 43.8 Å². The van der Waals surface area contributed by atoms with Gasteiger partial charge in [-0.3, -0.25) is 19.4 Å². The molecule has 4 atom stereocenters. The van der Waals surface area contributed by atoms with Gasteiger partial charge in [0.2, 0.25) is 0 Å². The minimum Gasteiger partial charge on any atom is -0.474 e. The molecule has 2 aromatic heterocycles. The summed E-state index contributed by atoms with van der Waals surface area (Å²) in [6.07, 6.45) is 3.53. The molecule has 0 spiro atoms. The van der Waals surface area contributed by atoms with E-state index in [1.165, 1.54) is 38.7 Å². The Morgan fingerprint density at radius 1 is 1.00 bits per heavy atom. The second kappa shape index (κ2) is 9.66. The number of furan rings is 1. The molecule has 3 rings (SSSR count). The van der Waals surface area contributed by atoms with Crippen molar-refractivity contribution in [2.75, 3.05) is 5.75 Å². The van der Waals surface area contributed by atoms with Crippen LogP contribution in [-0.4, -0.2) is 52.4 Å². The van der Waals surface area contributed by atoms with E-state index in [2.05, 4.69) is 4.98 Å². The number of pyridine rings is 1. The van der Waals surface area contributed by atoms with Crippen LogP contribution in [0.3, 0.4) is 0 Å². The SMILES string of the molecule is CC(=O)O[C@@H]1[C@@H](OC(C)=O)[C@H](OC(C)=O)CS[C@H]1Oc1cncc(-c2ccoc2)c1. The largest absolute Gasteiger partial charge is 0.474 e. The van der Waals surface area contributed by atoms with Gasteiger partial charge >= 0.3 is 17.9 Å². The fourth-order valence-electron chi connectivity index (χ4n) is 3.01. The standard InChI is InChI=1S/C20H21NO8S/c1-11(22)26-17-10-30-20(19(28-13(3)24)18(17)27-12(2)23)29-16-6-15(7-21-8-16)14-4-5-25-9-14/h4-9,17-20H,10H2,1-3H3/t17-,18+,19-,20-/m1/s1. The number of esters is 3. The van der Waals surface area contributed by atoms with Gasteiger partial charge in [-0.2, -0.15) is 0 Å². The lowest BCUT2D eigenvalue weighted by atomic mass is 10.1. The van der Waals surface area contributed by atoms with Crippen molar-refractivity contribution in [3.05, 3.63) is 37.1 Å². The number of ether oxygens (including phenoxy) is 4. The summed E-state index contributed by atoms with van der Waals surface area (Å²) in [6, 6.07) is 3.56. The fourth-order valence-corrected chi connectivity index (χ4v) is 4.23. The van der Waals surface area contributed by atoms with Crippen LogP contribution in [0, 0.1) is 0 Å². The van der Waals surface area contributed by atoms with E-state index in [1.54, 1.807) is 30.9 Å². The van der Waals surface area contributed by atoms with Gasteiger partial charge in [-0.15, -0.1) is 11.8 Å². The van der Waals surface area contributed by atoms with Gasteiger partial charge < -0.3 is 23.4 Å². The van der Waals surface area contributed by atoms with Crippen molar-refractivity contribution >= 4 is 29.7 Å². The van der Waals surface area contributed by atoms with Crippen molar-refractivity contribution in [3.63, 3.8) is 0 Å². The van der Waals surface area contributed by atoms with E-state index in [-0.39, 0.29) is 5.75 Å². The highest BCUT2D eigenvalue weighted by molar-refractivity contribution is 7.99. The zero-order chi connectivity index (χ0) is 21.7. The van der Waals surface area contributed by atoms with Crippen LogP contribution in [0.5, 0.6) is 5.75 Å². The average Bonchev–Trinajstić information content (AvgIpc) is 3.20. The zero-order valence-corrected chi connectivity index (χ0v) is 17.4. The molecule has 0 aliphatic carbocycles. The molecule has 0 unspecified atom stereocenters. The maximum absolute atomic E-state index is 11.7. The first-order chi connectivity index (χ1) is 14.3. The van der Waals surface area contributed by atoms with Gasteiger partial charge in [0.1, 0.15) is 5.75 Å². The third kappa shape index (κ3) is 5.53. The summed E-state index contributed by atoms with van der Waals surface area (Å²) in [6.45, 7) is 3.72. The van der Waals surface area contributed by atoms with Crippen LogP contribution in [0.2, 0.25) is 0 Å². The predicted molar refractivity (Wildman–Crippen MR) is 105 cm³/mol. The van der Waals surface area contributed by atoms with Crippen LogP contribution in [-0.2, 0) is 28.6 Å². The Labute approximate surface area is 177 Å². The predicted octanol–water partition coefficient (Wildman–Crippen LogP) is 2.59. The van der Waals surface area contributed by atoms with E-state index in [9.17, 15) is 14.4 Å². The van der Waals surface area contributed by atoms with Gasteiger partial charge in [-0.05, 0) is 12.1 Å². The summed E-state index contributed by atoms with van der Waals surface area (Å²) < 4.78 is 27.2. The molecule has 2 aromatic rings. The molecule has 0 radical (unpaired) electrons. The Morgan fingerprint density at radius 3 is 2.33 bits per heavy atom. The van der Waals surface area contributed by atoms with E-state index < -0.39 is 41.7 Å². The maximum Gasteiger partial charge on any atom is 0.303 e. The number of rotatable bonds is 6. The summed E-state index contributed by atoms with van der Waals surface area (Å²) in [7, 11) is 0. The quantitative estimate of drug-likeness (QED) is 0.495. The maximum atomic E-state index is 11.7. The van der Waals surface area contributed by atoms with Gasteiger partial charge in [0.15, 0.2) is 23.7 Å². The molecule has 9 nitrogen and oxygen atoms in total. The summed E-state index contributed by atoms with van der Waals surface area (Å²) in [5.74, 6) is -0.996. The van der Waals surface area contributed by atoms with Crippen LogP contribution >= 0.6 is 11.8 Å². The number of carbonyl (C=O) groups excluding carboxylic acids is 3. The molecule has 1 aliphatic heterocycles. The molecule has 160 valence electrons. The number of hydrogen-bond donors (Lipinski definition) is 0. The third-order valence-electron chi connectivity index (χ3n) is 4.12. The third-order valence-corrected chi connectivity index (χ3v) is 5.34. The van der Waals surface area contributed by atoms with Crippen LogP contribution < -0.4 is 4.74 Å². The lowest BCUT2D eigenvalue weighted by Crippen LogP contribution is -2.55. The highest BCUT2D eigenvalue weighted by Crippen LogP contribution is 2.35. The van der Waals surface area contributed by atoms with Crippen LogP contribution in [0.25, 0.3) is 11.1 Å². The molecular formula is C20H21NO8S. The molecular weight excluding hydrogens is 414 g/mol. The summed E-state index contributed by atoms with van der Waals surface area (Å²) in [4.78, 5) is 39.0. The number of aromatic nitrogens is 1. The minimum atomic E-state index is -1.01. The average molecular weight is 435 g/mol. The number of thioether (sulfide) groups is 1. The lowest BCUT2D eigenvalue weighted by molar-refractivity contribution is -0.186. The Morgan fingerprint density at radius 2 is 1.70 bits per heavy atom. The fraction of sp³-hybridized carbons (Fsp3) is 0.400. The van der Waals surface area contributed by atoms with Crippen molar-refractivity contribution < 1.29 is 37.7 Å². The first-order valence-electron chi connectivity index (χ1n) is 9.11. The molecule has 0 N–H and O–H groups in total. The van der Waals surface area contributed by atoms with Crippen molar-refractivity contribution in [1.82, 2.24) is 4.98 Å². The van der Waals surface area contributed by atoms with E-state index in [0.717, 1.165) is 11.1 Å². The van der Waals surface area contributed by atoms with Crippen molar-refractivity contribution in [2.45, 2.75) is 44.5 Å². The van der Waals surface area contributed by atoms with Crippen molar-refractivity contribution in [3.8, 4) is 16.9 Å². The second-order valence-electron chi connectivity index (χ2n) is 6.54. The molecule has 0 amide bonds. The van der Waals surface area contributed by atoms with Gasteiger partial charge in [-0.1, -0.05) is 0 Å². The zero-order valence-electron chi connectivity index (χ0n) is 16.6. The molecule has 3 heterocycles. The molecule has 1 saturated heterocycles. The Hall–Kier alpha value is -3.01. The normalized spacial score (nSPS) is 23.3. The Bertz CT molecular complexity index is 900. The van der Waals surface area contributed by atoms with E-state index in [0.29, 0.717) is 5.75 Å². The van der Waals surface area contributed by atoms with Gasteiger partial charge in [0.05, 0.1) is 18.7 Å². The molecule has 10 heteroatoms. The first-order valence-corrected chi connectivity index (χ1v) is 10.2. The first kappa shape index (κ1) is 21.7. The summed E-state index contributed by atoms with van der Waals surface area (Å²) >= 11 is 1.28. The smallest absolute Gasteiger partial charge is 0.303 e. The molecule has 0 saturated carbocycles. The summed E-state index contributed by atoms with van der Waals surface area (Å²) in [5, 5.41) is 0. The minimum absolute atomic E-state index is 0.287. The number of hydrogen-bond acceptors (Lipinski definition) is 10. The number of nitrogens with zero attached hydrogens (tertiary/aromatic N) is 1. The molecule has 0 aromatic carbocycles. The molecule has 30 heavy (non-hydrogen) atoms. The Balaban J connectivity index is 1.85. The topological polar surface area (TPSA) is 114 Å². The molecule has 0 bridgehead atoms. The van der Waals surface area contributed by atoms with Crippen LogP contribution in [0.1, 0.15) is 20.8 Å². The van der Waals surface area contributed by atoms with Crippen molar-refractivity contribution in [2.24, 2.45) is 0 Å². The molecule has 1 aliphatic rings. The van der Waals surface area contributed by atoms with Gasteiger partial charge in [-0.25, -0.2) is 0 Å². The van der Waals surface area contributed by atoms with E-state index in [1.807, 2.05) is 0 Å². The monoisotopic (exact) mass is 435 g/mol. The molecule has 1 fully saturated rings. The van der Waals surface area contributed by atoms with Crippen molar-refractivity contribution in [1.29, 1.82) is 0 Å². The highest BCUT2D eigenvalue weighted by Gasteiger charge is 2.47. The second-order valence-corrected chi connectivity index (χ2v) is 7.67. The lowest BCUT2D eigenvalue weighted by Gasteiger charge is -2.39. The van der Waals surface area contributed by atoms with E-state index >= 15 is 0 Å².